The van der Waals surface area contributed by atoms with Crippen LogP contribution >= 0.6 is 0 Å². The first-order valence-electron chi connectivity index (χ1n) is 5.09. The number of H-pyrrole nitrogens is 1. The Labute approximate surface area is 98.5 Å². The minimum Gasteiger partial charge on any atom is -0.395 e. The second-order valence-corrected chi connectivity index (χ2v) is 3.69. The number of hydrogen-bond donors (Lipinski definition) is 2. The summed E-state index contributed by atoms with van der Waals surface area (Å²) in [5.74, 6) is -0.264. The zero-order valence-corrected chi connectivity index (χ0v) is 9.64. The first-order valence-corrected chi connectivity index (χ1v) is 5.09. The fourth-order valence-electron chi connectivity index (χ4n) is 1.43. The lowest BCUT2D eigenvalue weighted by Crippen LogP contribution is -2.27. The third kappa shape index (κ3) is 1.96. The van der Waals surface area contributed by atoms with Crippen LogP contribution in [0.3, 0.4) is 0 Å². The van der Waals surface area contributed by atoms with Gasteiger partial charge in [-0.15, -0.1) is 0 Å². The van der Waals surface area contributed by atoms with E-state index in [1.165, 1.54) is 4.90 Å². The number of nitrogens with zero attached hydrogens (tertiary/aromatic N) is 3. The second-order valence-electron chi connectivity index (χ2n) is 3.69. The van der Waals surface area contributed by atoms with Crippen LogP contribution in [0, 0.1) is 6.92 Å². The van der Waals surface area contributed by atoms with Crippen molar-refractivity contribution in [3.8, 4) is 0 Å². The van der Waals surface area contributed by atoms with Gasteiger partial charge in [0.1, 0.15) is 0 Å². The minimum absolute atomic E-state index is 0.230. The van der Waals surface area contributed by atoms with Gasteiger partial charge in [0.2, 0.25) is 0 Å². The molecule has 0 radical (unpaired) electrons. The van der Waals surface area contributed by atoms with Crippen molar-refractivity contribution < 1.29 is 4.79 Å². The van der Waals surface area contributed by atoms with Crippen molar-refractivity contribution in [3.05, 3.63) is 35.9 Å². The van der Waals surface area contributed by atoms with Crippen LogP contribution in [0.2, 0.25) is 0 Å². The number of nitrogen functional groups attached to an aromatic ring is 1. The molecule has 0 saturated heterocycles. The summed E-state index contributed by atoms with van der Waals surface area (Å²) in [6.07, 6.45) is 3.25. The molecule has 0 aliphatic rings. The summed E-state index contributed by atoms with van der Waals surface area (Å²) < 4.78 is 0. The number of aromatic amines is 1. The summed E-state index contributed by atoms with van der Waals surface area (Å²) in [6.45, 7) is 1.77. The van der Waals surface area contributed by atoms with E-state index in [9.17, 15) is 4.79 Å². The zero-order valence-electron chi connectivity index (χ0n) is 9.64. The molecule has 3 N–H and O–H groups in total. The first-order chi connectivity index (χ1) is 8.11. The maximum absolute atomic E-state index is 12.1. The van der Waals surface area contributed by atoms with E-state index in [1.54, 1.807) is 38.5 Å². The molecule has 0 spiro atoms. The van der Waals surface area contributed by atoms with E-state index in [0.717, 1.165) is 0 Å². The average Bonchev–Trinajstić information content (AvgIpc) is 2.69. The lowest BCUT2D eigenvalue weighted by molar-refractivity contribution is 0.0989. The molecule has 0 atom stereocenters. The molecule has 0 aliphatic carbocycles. The van der Waals surface area contributed by atoms with E-state index in [1.807, 2.05) is 0 Å². The molecule has 88 valence electrons. The van der Waals surface area contributed by atoms with Gasteiger partial charge >= 0.3 is 0 Å². The Bertz CT molecular complexity index is 534. The highest BCUT2D eigenvalue weighted by molar-refractivity contribution is 6.07. The molecule has 0 fully saturated rings. The third-order valence-corrected chi connectivity index (χ3v) is 2.53. The van der Waals surface area contributed by atoms with E-state index in [-0.39, 0.29) is 11.6 Å². The lowest BCUT2D eigenvalue weighted by atomic mass is 10.2. The van der Waals surface area contributed by atoms with Crippen molar-refractivity contribution in [2.45, 2.75) is 6.92 Å². The van der Waals surface area contributed by atoms with E-state index in [2.05, 4.69) is 15.2 Å². The van der Waals surface area contributed by atoms with Crippen LogP contribution in [0.4, 0.5) is 11.4 Å². The third-order valence-electron chi connectivity index (χ3n) is 2.53. The fourth-order valence-corrected chi connectivity index (χ4v) is 1.43. The van der Waals surface area contributed by atoms with Crippen molar-refractivity contribution in [1.82, 2.24) is 15.2 Å². The average molecular weight is 231 g/mol. The summed E-state index contributed by atoms with van der Waals surface area (Å²) in [5, 5.41) is 6.59. The first kappa shape index (κ1) is 11.1. The van der Waals surface area contributed by atoms with E-state index in [4.69, 9.17) is 5.73 Å². The molecule has 17 heavy (non-hydrogen) atoms. The Kier molecular flexibility index (Phi) is 2.78. The predicted molar refractivity (Wildman–Crippen MR) is 64.7 cm³/mol. The maximum atomic E-state index is 12.1. The number of hydrogen-bond acceptors (Lipinski definition) is 4. The largest absolute Gasteiger partial charge is 0.395 e. The number of carbonyl (C=O) groups excluding carboxylic acids is 1. The summed E-state index contributed by atoms with van der Waals surface area (Å²) in [5.41, 5.74) is 7.75. The molecule has 2 rings (SSSR count). The van der Waals surface area contributed by atoms with Crippen molar-refractivity contribution in [3.63, 3.8) is 0 Å². The summed E-state index contributed by atoms with van der Waals surface area (Å²) in [6, 6.07) is 3.55. The Morgan fingerprint density at radius 3 is 2.82 bits per heavy atom. The van der Waals surface area contributed by atoms with Gasteiger partial charge in [-0.3, -0.25) is 14.9 Å². The van der Waals surface area contributed by atoms with Crippen LogP contribution < -0.4 is 10.6 Å². The van der Waals surface area contributed by atoms with Gasteiger partial charge in [0.15, 0.2) is 5.69 Å². The molecule has 0 saturated carbocycles. The number of carbonyl (C=O) groups is 1. The Balaban J connectivity index is 2.30. The number of pyridine rings is 1. The van der Waals surface area contributed by atoms with Gasteiger partial charge in [-0.05, 0) is 19.1 Å². The number of rotatable bonds is 2. The normalized spacial score (nSPS) is 10.2. The highest BCUT2D eigenvalue weighted by Crippen LogP contribution is 2.18. The van der Waals surface area contributed by atoms with Crippen molar-refractivity contribution in [2.75, 3.05) is 17.7 Å². The van der Waals surface area contributed by atoms with Crippen LogP contribution in [0.15, 0.2) is 24.5 Å². The van der Waals surface area contributed by atoms with Gasteiger partial charge in [0.25, 0.3) is 5.91 Å². The molecule has 1 amide bonds. The smallest absolute Gasteiger partial charge is 0.280 e. The van der Waals surface area contributed by atoms with Crippen LogP contribution in [-0.4, -0.2) is 28.1 Å². The number of aryl methyl sites for hydroxylation is 1. The fraction of sp³-hybridized carbons (Fsp3) is 0.182. The lowest BCUT2D eigenvalue weighted by Gasteiger charge is -2.15. The Morgan fingerprint density at radius 2 is 2.29 bits per heavy atom. The van der Waals surface area contributed by atoms with Crippen LogP contribution in [0.5, 0.6) is 0 Å². The van der Waals surface area contributed by atoms with Crippen molar-refractivity contribution >= 4 is 17.3 Å². The van der Waals surface area contributed by atoms with Gasteiger partial charge in [0.05, 0.1) is 23.3 Å². The highest BCUT2D eigenvalue weighted by Gasteiger charge is 2.20. The Morgan fingerprint density at radius 1 is 1.53 bits per heavy atom. The minimum atomic E-state index is -0.264. The second kappa shape index (κ2) is 4.25. The number of aromatic nitrogens is 3. The summed E-state index contributed by atoms with van der Waals surface area (Å²) >= 11 is 0. The van der Waals surface area contributed by atoms with Gasteiger partial charge in [-0.1, -0.05) is 0 Å². The Hall–Kier alpha value is -2.37. The zero-order chi connectivity index (χ0) is 12.4. The monoisotopic (exact) mass is 231 g/mol. The van der Waals surface area contributed by atoms with E-state index < -0.39 is 0 Å². The molecule has 0 aromatic carbocycles. The van der Waals surface area contributed by atoms with Gasteiger partial charge < -0.3 is 10.6 Å². The molecule has 2 aromatic heterocycles. The molecule has 0 aliphatic heterocycles. The van der Waals surface area contributed by atoms with E-state index in [0.29, 0.717) is 17.1 Å². The molecule has 6 nitrogen and oxygen atoms in total. The molecular weight excluding hydrogens is 218 g/mol. The molecule has 0 unspecified atom stereocenters. The predicted octanol–water partition coefficient (Wildman–Crippen LogP) is 0.972. The van der Waals surface area contributed by atoms with Crippen LogP contribution in [-0.2, 0) is 0 Å². The quantitative estimate of drug-likeness (QED) is 0.806. The molecular formula is C11H13N5O. The maximum Gasteiger partial charge on any atom is 0.280 e. The topological polar surface area (TPSA) is 87.9 Å². The van der Waals surface area contributed by atoms with E-state index >= 15 is 0 Å². The van der Waals surface area contributed by atoms with Crippen LogP contribution in [0.25, 0.3) is 0 Å². The van der Waals surface area contributed by atoms with Crippen LogP contribution in [0.1, 0.15) is 16.2 Å². The molecule has 6 heteroatoms. The van der Waals surface area contributed by atoms with Gasteiger partial charge in [-0.2, -0.15) is 5.10 Å². The number of anilines is 2. The summed E-state index contributed by atoms with van der Waals surface area (Å²) in [4.78, 5) is 17.5. The number of nitrogens with two attached hydrogens (primary N) is 1. The molecule has 0 bridgehead atoms. The van der Waals surface area contributed by atoms with Gasteiger partial charge in [-0.25, -0.2) is 0 Å². The number of amides is 1. The molecule has 2 aromatic rings. The SMILES string of the molecule is Cc1[nH]nc(C(=O)N(C)c2cccnc2)c1N. The summed E-state index contributed by atoms with van der Waals surface area (Å²) in [7, 11) is 1.66. The molecule has 2 heterocycles. The van der Waals surface area contributed by atoms with Crippen molar-refractivity contribution in [1.29, 1.82) is 0 Å². The van der Waals surface area contributed by atoms with Crippen molar-refractivity contribution in [2.24, 2.45) is 0 Å². The standard InChI is InChI=1S/C11H13N5O/c1-7-9(12)10(15-14-7)11(17)16(2)8-4-3-5-13-6-8/h3-6H,12H2,1-2H3,(H,14,15). The number of nitrogens with one attached hydrogen (secondary N) is 1. The highest BCUT2D eigenvalue weighted by atomic mass is 16.2. The van der Waals surface area contributed by atoms with Gasteiger partial charge in [0, 0.05) is 13.2 Å².